The van der Waals surface area contributed by atoms with Gasteiger partial charge in [0.05, 0.1) is 16.4 Å². The molecule has 8 heteroatoms. The Morgan fingerprint density at radius 1 is 1.12 bits per heavy atom. The number of hydrogen-bond acceptors (Lipinski definition) is 6. The summed E-state index contributed by atoms with van der Waals surface area (Å²) in [5, 5.41) is 11.1. The minimum atomic E-state index is 0.415. The number of pyridine rings is 2. The second-order valence-corrected chi connectivity index (χ2v) is 9.69. The number of aromatic amines is 2. The van der Waals surface area contributed by atoms with Gasteiger partial charge in [0.15, 0.2) is 11.5 Å². The zero-order valence-electron chi connectivity index (χ0n) is 18.4. The lowest BCUT2D eigenvalue weighted by Crippen LogP contribution is -2.10. The fraction of sp³-hybridized carbons (Fsp3) is 0.200. The Balaban J connectivity index is 1.43. The molecule has 0 spiro atoms. The van der Waals surface area contributed by atoms with Crippen LogP contribution in [0, 0.1) is 0 Å². The van der Waals surface area contributed by atoms with E-state index in [1.165, 1.54) is 5.56 Å². The van der Waals surface area contributed by atoms with E-state index < -0.39 is 0 Å². The summed E-state index contributed by atoms with van der Waals surface area (Å²) in [7, 11) is 4.11. The van der Waals surface area contributed by atoms with Gasteiger partial charge in [-0.05, 0) is 55.3 Å². The first-order chi connectivity index (χ1) is 16.2. The first-order valence-corrected chi connectivity index (χ1v) is 11.8. The van der Waals surface area contributed by atoms with Crippen molar-refractivity contribution >= 4 is 33.8 Å². The number of hydrogen-bond donors (Lipinski definition) is 2. The summed E-state index contributed by atoms with van der Waals surface area (Å²) in [6.07, 6.45) is 8.89. The number of benzene rings is 1. The highest BCUT2D eigenvalue weighted by Crippen LogP contribution is 2.41. The summed E-state index contributed by atoms with van der Waals surface area (Å²) in [5.41, 5.74) is 8.02. The number of H-pyrrole nitrogens is 2. The molecular formula is C25H23N7S. The van der Waals surface area contributed by atoms with Crippen LogP contribution >= 0.6 is 11.8 Å². The standard InChI is InChI=1S/C25H23N7S/c1-32(2)14-15-9-16(12-26-11-15)17-10-19-23(30-31-24(19)27-13-17)25-28-20-6-3-5-18(22(20)29-25)21-7-4-8-33-21/h3-6,8-13,21H,7,14H2,1-2H3,(H,28,29)(H,27,30,31). The van der Waals surface area contributed by atoms with Crippen LogP contribution in [0.5, 0.6) is 0 Å². The van der Waals surface area contributed by atoms with Gasteiger partial charge in [0, 0.05) is 41.5 Å². The van der Waals surface area contributed by atoms with E-state index in [1.807, 2.05) is 30.4 Å². The number of rotatable bonds is 5. The Morgan fingerprint density at radius 3 is 2.88 bits per heavy atom. The van der Waals surface area contributed by atoms with E-state index in [0.29, 0.717) is 10.9 Å². The van der Waals surface area contributed by atoms with E-state index in [1.54, 1.807) is 0 Å². The van der Waals surface area contributed by atoms with Crippen molar-refractivity contribution < 1.29 is 0 Å². The minimum Gasteiger partial charge on any atom is -0.337 e. The Bertz CT molecular complexity index is 1490. The quantitative estimate of drug-likeness (QED) is 0.375. The minimum absolute atomic E-state index is 0.415. The first kappa shape index (κ1) is 20.1. The summed E-state index contributed by atoms with van der Waals surface area (Å²) in [6.45, 7) is 0.837. The Kier molecular flexibility index (Phi) is 4.96. The van der Waals surface area contributed by atoms with Crippen LogP contribution in [0.25, 0.3) is 44.7 Å². The van der Waals surface area contributed by atoms with Gasteiger partial charge in [-0.2, -0.15) is 5.10 Å². The monoisotopic (exact) mass is 453 g/mol. The predicted molar refractivity (Wildman–Crippen MR) is 134 cm³/mol. The molecule has 0 saturated heterocycles. The molecule has 2 N–H and O–H groups in total. The molecule has 1 aliphatic rings. The molecule has 1 aromatic carbocycles. The van der Waals surface area contributed by atoms with Crippen LogP contribution in [-0.4, -0.2) is 49.1 Å². The van der Waals surface area contributed by atoms with Gasteiger partial charge in [0.25, 0.3) is 0 Å². The highest BCUT2D eigenvalue weighted by molar-refractivity contribution is 8.02. The molecule has 6 rings (SSSR count). The fourth-order valence-electron chi connectivity index (χ4n) is 4.35. The van der Waals surface area contributed by atoms with Crippen LogP contribution in [0.3, 0.4) is 0 Å². The third kappa shape index (κ3) is 3.71. The first-order valence-electron chi connectivity index (χ1n) is 10.9. The highest BCUT2D eigenvalue weighted by atomic mass is 32.2. The van der Waals surface area contributed by atoms with E-state index in [-0.39, 0.29) is 0 Å². The van der Waals surface area contributed by atoms with Crippen molar-refractivity contribution in [2.24, 2.45) is 0 Å². The summed E-state index contributed by atoms with van der Waals surface area (Å²) in [4.78, 5) is 19.6. The number of aromatic nitrogens is 6. The molecule has 164 valence electrons. The van der Waals surface area contributed by atoms with E-state index in [4.69, 9.17) is 4.98 Å². The molecule has 4 aromatic heterocycles. The van der Waals surface area contributed by atoms with Gasteiger partial charge in [-0.25, -0.2) is 9.97 Å². The van der Waals surface area contributed by atoms with Gasteiger partial charge in [-0.1, -0.05) is 18.2 Å². The number of fused-ring (bicyclic) bond motifs is 2. The van der Waals surface area contributed by atoms with E-state index >= 15 is 0 Å². The third-order valence-electron chi connectivity index (χ3n) is 5.85. The molecule has 0 amide bonds. The summed E-state index contributed by atoms with van der Waals surface area (Å²) >= 11 is 1.85. The SMILES string of the molecule is CN(C)Cc1cncc(-c2cnc3n[nH]c(-c4nc5c(C6CC=CS6)cccc5[nH]4)c3c2)c1. The maximum absolute atomic E-state index is 4.99. The van der Waals surface area contributed by atoms with E-state index in [2.05, 4.69) is 86.0 Å². The van der Waals surface area contributed by atoms with Crippen LogP contribution in [-0.2, 0) is 6.54 Å². The molecule has 7 nitrogen and oxygen atoms in total. The van der Waals surface area contributed by atoms with Gasteiger partial charge < -0.3 is 9.88 Å². The smallest absolute Gasteiger partial charge is 0.181 e. The maximum Gasteiger partial charge on any atom is 0.181 e. The Labute approximate surface area is 195 Å². The molecule has 1 unspecified atom stereocenters. The van der Waals surface area contributed by atoms with Crippen molar-refractivity contribution in [1.29, 1.82) is 0 Å². The van der Waals surface area contributed by atoms with Crippen molar-refractivity contribution in [3.8, 4) is 22.6 Å². The maximum atomic E-state index is 4.99. The van der Waals surface area contributed by atoms with Crippen LogP contribution < -0.4 is 0 Å². The zero-order chi connectivity index (χ0) is 22.4. The largest absolute Gasteiger partial charge is 0.337 e. The van der Waals surface area contributed by atoms with Crippen LogP contribution in [0.1, 0.15) is 22.8 Å². The van der Waals surface area contributed by atoms with Crippen molar-refractivity contribution in [1.82, 2.24) is 35.0 Å². The molecule has 0 radical (unpaired) electrons. The molecule has 1 aliphatic heterocycles. The van der Waals surface area contributed by atoms with Crippen LogP contribution in [0.4, 0.5) is 0 Å². The highest BCUT2D eigenvalue weighted by Gasteiger charge is 2.20. The molecule has 0 saturated carbocycles. The molecule has 5 aromatic rings. The van der Waals surface area contributed by atoms with Crippen LogP contribution in [0.2, 0.25) is 0 Å². The van der Waals surface area contributed by atoms with Gasteiger partial charge in [0.1, 0.15) is 5.69 Å². The van der Waals surface area contributed by atoms with E-state index in [9.17, 15) is 0 Å². The molecule has 0 bridgehead atoms. The second-order valence-electron chi connectivity index (χ2n) is 8.57. The average Bonchev–Trinajstić information content (AvgIpc) is 3.57. The van der Waals surface area contributed by atoms with E-state index in [0.717, 1.165) is 57.6 Å². The third-order valence-corrected chi connectivity index (χ3v) is 6.98. The lowest BCUT2D eigenvalue weighted by molar-refractivity contribution is 0.402. The van der Waals surface area contributed by atoms with Gasteiger partial charge in [-0.15, -0.1) is 11.8 Å². The van der Waals surface area contributed by atoms with Crippen LogP contribution in [0.15, 0.2) is 60.4 Å². The average molecular weight is 454 g/mol. The predicted octanol–water partition coefficient (Wildman–Crippen LogP) is 5.32. The van der Waals surface area contributed by atoms with Crippen molar-refractivity contribution in [2.75, 3.05) is 14.1 Å². The molecule has 0 fully saturated rings. The number of nitrogens with one attached hydrogen (secondary N) is 2. The molecule has 5 heterocycles. The van der Waals surface area contributed by atoms with Gasteiger partial charge in [-0.3, -0.25) is 10.1 Å². The van der Waals surface area contributed by atoms with Crippen molar-refractivity contribution in [3.05, 3.63) is 71.5 Å². The number of imidazole rings is 1. The van der Waals surface area contributed by atoms with Crippen molar-refractivity contribution in [3.63, 3.8) is 0 Å². The number of thioether (sulfide) groups is 1. The van der Waals surface area contributed by atoms with Gasteiger partial charge in [0.2, 0.25) is 0 Å². The topological polar surface area (TPSA) is 86.4 Å². The zero-order valence-corrected chi connectivity index (χ0v) is 19.2. The number of allylic oxidation sites excluding steroid dienone is 1. The summed E-state index contributed by atoms with van der Waals surface area (Å²) in [5.74, 6) is 0.773. The Morgan fingerprint density at radius 2 is 2.03 bits per heavy atom. The number of para-hydroxylation sites is 1. The summed E-state index contributed by atoms with van der Waals surface area (Å²) < 4.78 is 0. The molecular weight excluding hydrogens is 430 g/mol. The normalized spacial score (nSPS) is 15.9. The molecule has 1 atom stereocenters. The lowest BCUT2D eigenvalue weighted by Gasteiger charge is -2.10. The Hall–Kier alpha value is -3.49. The lowest BCUT2D eigenvalue weighted by atomic mass is 10.1. The molecule has 0 aliphatic carbocycles. The summed E-state index contributed by atoms with van der Waals surface area (Å²) in [6, 6.07) is 10.6. The molecule has 33 heavy (non-hydrogen) atoms. The van der Waals surface area contributed by atoms with Crippen molar-refractivity contribution in [2.45, 2.75) is 18.2 Å². The van der Waals surface area contributed by atoms with Gasteiger partial charge >= 0.3 is 0 Å². The number of nitrogens with zero attached hydrogens (tertiary/aromatic N) is 5. The fourth-order valence-corrected chi connectivity index (χ4v) is 5.32. The second kappa shape index (κ2) is 8.13.